The fourth-order valence-electron chi connectivity index (χ4n) is 1.36. The van der Waals surface area contributed by atoms with Gasteiger partial charge >= 0.3 is 0 Å². The van der Waals surface area contributed by atoms with E-state index in [9.17, 15) is 4.79 Å². The van der Waals surface area contributed by atoms with Gasteiger partial charge in [0.15, 0.2) is 0 Å². The molecular weight excluding hydrogens is 202 g/mol. The third-order valence-electron chi connectivity index (χ3n) is 1.98. The number of hydrogen-bond donors (Lipinski definition) is 1. The van der Waals surface area contributed by atoms with Crippen LogP contribution in [0.15, 0.2) is 12.1 Å². The average molecular weight is 214 g/mol. The summed E-state index contributed by atoms with van der Waals surface area (Å²) in [5.74, 6) is 0.619. The van der Waals surface area contributed by atoms with Crippen LogP contribution in [-0.2, 0) is 4.79 Å². The van der Waals surface area contributed by atoms with E-state index >= 15 is 0 Å². The maximum atomic E-state index is 10.6. The molecule has 3 nitrogen and oxygen atoms in total. The summed E-state index contributed by atoms with van der Waals surface area (Å²) in [6.07, 6.45) is 0.660. The first-order valence-electron chi connectivity index (χ1n) is 4.15. The maximum Gasteiger partial charge on any atom is 0.141 e. The molecule has 1 atom stereocenters. The van der Waals surface area contributed by atoms with E-state index in [2.05, 4.69) is 0 Å². The Hall–Kier alpha value is -1.06. The molecule has 0 saturated carbocycles. The molecule has 1 aromatic carbocycles. The van der Waals surface area contributed by atoms with Gasteiger partial charge in [0, 0.05) is 10.6 Å². The smallest absolute Gasteiger partial charge is 0.141 e. The largest absolute Gasteiger partial charge is 0.496 e. The van der Waals surface area contributed by atoms with Gasteiger partial charge in [-0.3, -0.25) is 0 Å². The number of carbonyl (C=O) groups excluding carboxylic acids is 1. The van der Waals surface area contributed by atoms with Crippen LogP contribution in [0.25, 0.3) is 0 Å². The predicted molar refractivity (Wildman–Crippen MR) is 55.7 cm³/mol. The quantitative estimate of drug-likeness (QED) is 0.780. The molecule has 0 saturated heterocycles. The number of rotatable bonds is 3. The highest BCUT2D eigenvalue weighted by Gasteiger charge is 2.14. The number of benzene rings is 1. The molecule has 2 N–H and O–H groups in total. The van der Waals surface area contributed by atoms with Crippen LogP contribution in [0.1, 0.15) is 17.2 Å². The molecule has 0 fully saturated rings. The molecule has 0 radical (unpaired) electrons. The summed E-state index contributed by atoms with van der Waals surface area (Å²) in [5, 5.41) is 0.551. The van der Waals surface area contributed by atoms with Gasteiger partial charge in [-0.05, 0) is 24.6 Å². The molecule has 1 aromatic rings. The summed E-state index contributed by atoms with van der Waals surface area (Å²) in [6.45, 7) is 1.85. The van der Waals surface area contributed by atoms with Crippen LogP contribution in [0.3, 0.4) is 0 Å². The molecule has 14 heavy (non-hydrogen) atoms. The normalized spacial score (nSPS) is 12.3. The van der Waals surface area contributed by atoms with Crippen molar-refractivity contribution in [3.8, 4) is 5.75 Å². The van der Waals surface area contributed by atoms with E-state index in [1.807, 2.05) is 6.92 Å². The average Bonchev–Trinajstić information content (AvgIpc) is 2.15. The number of hydrogen-bond acceptors (Lipinski definition) is 3. The van der Waals surface area contributed by atoms with Gasteiger partial charge in [-0.25, -0.2) is 0 Å². The highest BCUT2D eigenvalue weighted by Crippen LogP contribution is 2.30. The van der Waals surface area contributed by atoms with Gasteiger partial charge in [0.2, 0.25) is 0 Å². The number of aldehydes is 1. The van der Waals surface area contributed by atoms with Crippen molar-refractivity contribution >= 4 is 17.9 Å². The SMILES string of the molecule is COc1c(C)cc(Cl)cc1C(N)C=O. The van der Waals surface area contributed by atoms with E-state index in [1.54, 1.807) is 12.1 Å². The maximum absolute atomic E-state index is 10.6. The second-order valence-electron chi connectivity index (χ2n) is 3.01. The number of carbonyl (C=O) groups is 1. The minimum Gasteiger partial charge on any atom is -0.496 e. The molecule has 0 bridgehead atoms. The molecule has 1 rings (SSSR count). The summed E-state index contributed by atoms with van der Waals surface area (Å²) >= 11 is 5.85. The second kappa shape index (κ2) is 4.44. The molecular formula is C10H12ClNO2. The van der Waals surface area contributed by atoms with Gasteiger partial charge < -0.3 is 15.3 Å². The van der Waals surface area contributed by atoms with Crippen LogP contribution < -0.4 is 10.5 Å². The Morgan fingerprint density at radius 3 is 2.71 bits per heavy atom. The molecule has 0 amide bonds. The lowest BCUT2D eigenvalue weighted by Gasteiger charge is -2.13. The van der Waals surface area contributed by atoms with Crippen LogP contribution in [0, 0.1) is 6.92 Å². The summed E-state index contributed by atoms with van der Waals surface area (Å²) in [6, 6.07) is 2.72. The van der Waals surface area contributed by atoms with E-state index in [0.717, 1.165) is 5.56 Å². The van der Waals surface area contributed by atoms with E-state index < -0.39 is 6.04 Å². The Morgan fingerprint density at radius 1 is 1.57 bits per heavy atom. The lowest BCUT2D eigenvalue weighted by molar-refractivity contribution is -0.109. The topological polar surface area (TPSA) is 52.3 Å². The van der Waals surface area contributed by atoms with Gasteiger partial charge in [-0.1, -0.05) is 11.6 Å². The zero-order chi connectivity index (χ0) is 10.7. The first-order valence-corrected chi connectivity index (χ1v) is 4.53. The summed E-state index contributed by atoms with van der Waals surface area (Å²) in [5.41, 5.74) is 7.09. The summed E-state index contributed by atoms with van der Waals surface area (Å²) in [4.78, 5) is 10.6. The number of aryl methyl sites for hydroxylation is 1. The lowest BCUT2D eigenvalue weighted by Crippen LogP contribution is -2.13. The monoisotopic (exact) mass is 213 g/mol. The van der Waals surface area contributed by atoms with Crippen molar-refractivity contribution in [3.63, 3.8) is 0 Å². The molecule has 1 unspecified atom stereocenters. The zero-order valence-electron chi connectivity index (χ0n) is 8.08. The van der Waals surface area contributed by atoms with Gasteiger partial charge in [0.1, 0.15) is 12.0 Å². The fourth-order valence-corrected chi connectivity index (χ4v) is 1.64. The molecule has 0 aliphatic carbocycles. The minimum atomic E-state index is -0.692. The molecule has 76 valence electrons. The number of methoxy groups -OCH3 is 1. The van der Waals surface area contributed by atoms with E-state index in [0.29, 0.717) is 22.6 Å². The van der Waals surface area contributed by atoms with Crippen molar-refractivity contribution in [1.82, 2.24) is 0 Å². The lowest BCUT2D eigenvalue weighted by atomic mass is 10.0. The van der Waals surface area contributed by atoms with E-state index in [-0.39, 0.29) is 0 Å². The van der Waals surface area contributed by atoms with Crippen LogP contribution in [0.4, 0.5) is 0 Å². The van der Waals surface area contributed by atoms with Gasteiger partial charge in [0.25, 0.3) is 0 Å². The van der Waals surface area contributed by atoms with Crippen molar-refractivity contribution in [3.05, 3.63) is 28.3 Å². The van der Waals surface area contributed by atoms with Crippen molar-refractivity contribution in [2.45, 2.75) is 13.0 Å². The van der Waals surface area contributed by atoms with Crippen LogP contribution >= 0.6 is 11.6 Å². The zero-order valence-corrected chi connectivity index (χ0v) is 8.84. The van der Waals surface area contributed by atoms with Crippen LogP contribution in [0.2, 0.25) is 5.02 Å². The molecule has 4 heteroatoms. The molecule has 0 spiro atoms. The fraction of sp³-hybridized carbons (Fsp3) is 0.300. The van der Waals surface area contributed by atoms with Crippen molar-refractivity contribution in [2.75, 3.05) is 7.11 Å². The Balaban J connectivity index is 3.31. The van der Waals surface area contributed by atoms with E-state index in [4.69, 9.17) is 22.1 Å². The summed E-state index contributed by atoms with van der Waals surface area (Å²) in [7, 11) is 1.54. The van der Waals surface area contributed by atoms with Crippen LogP contribution in [-0.4, -0.2) is 13.4 Å². The Morgan fingerprint density at radius 2 is 2.21 bits per heavy atom. The molecule has 0 aromatic heterocycles. The molecule has 0 aliphatic rings. The highest BCUT2D eigenvalue weighted by molar-refractivity contribution is 6.30. The van der Waals surface area contributed by atoms with Crippen molar-refractivity contribution in [2.24, 2.45) is 5.73 Å². The number of halogens is 1. The van der Waals surface area contributed by atoms with Crippen LogP contribution in [0.5, 0.6) is 5.75 Å². The Labute approximate surface area is 87.8 Å². The standard InChI is InChI=1S/C10H12ClNO2/c1-6-3-7(11)4-8(9(12)5-13)10(6)14-2/h3-5,9H,12H2,1-2H3. The van der Waals surface area contributed by atoms with Gasteiger partial charge in [-0.2, -0.15) is 0 Å². The molecule has 0 heterocycles. The third kappa shape index (κ3) is 2.05. The minimum absolute atomic E-state index is 0.551. The predicted octanol–water partition coefficient (Wildman–Crippen LogP) is 1.86. The second-order valence-corrected chi connectivity index (χ2v) is 3.44. The van der Waals surface area contributed by atoms with Gasteiger partial charge in [-0.15, -0.1) is 0 Å². The Kier molecular flexibility index (Phi) is 3.49. The third-order valence-corrected chi connectivity index (χ3v) is 2.20. The number of nitrogens with two attached hydrogens (primary N) is 1. The molecule has 0 aliphatic heterocycles. The van der Waals surface area contributed by atoms with Gasteiger partial charge in [0.05, 0.1) is 13.2 Å². The van der Waals surface area contributed by atoms with Crippen molar-refractivity contribution < 1.29 is 9.53 Å². The first kappa shape index (κ1) is 11.0. The Bertz CT molecular complexity index is 352. The van der Waals surface area contributed by atoms with E-state index in [1.165, 1.54) is 7.11 Å². The number of ether oxygens (including phenoxy) is 1. The summed E-state index contributed by atoms with van der Waals surface area (Å²) < 4.78 is 5.16. The first-order chi connectivity index (χ1) is 6.60. The van der Waals surface area contributed by atoms with Crippen molar-refractivity contribution in [1.29, 1.82) is 0 Å². The highest BCUT2D eigenvalue weighted by atomic mass is 35.5.